The molecule has 1 aliphatic heterocycles. The topological polar surface area (TPSA) is 53.4 Å². The van der Waals surface area contributed by atoms with E-state index in [1.54, 1.807) is 22.3 Å². The zero-order valence-electron chi connectivity index (χ0n) is 18.1. The second-order valence-electron chi connectivity index (χ2n) is 9.12. The number of carbonyl (C=O) groups excluding carboxylic acids is 1. The van der Waals surface area contributed by atoms with Crippen molar-refractivity contribution in [2.75, 3.05) is 13.1 Å². The standard InChI is InChI=1S/C25H27ClN2O2S/c1-25(2,3)23-13-16(8-9-27-23)22-12-18(15-31-22)20-7-6-17(11-21(20)26)24(30)28-10-4-5-19(29)14-28/h6-9,11-13,15,19,29H,4-5,10,14H2,1-3H3. The largest absolute Gasteiger partial charge is 0.391 e. The van der Waals surface area contributed by atoms with Crippen LogP contribution in [0.4, 0.5) is 0 Å². The molecule has 1 aliphatic rings. The molecule has 1 fully saturated rings. The lowest BCUT2D eigenvalue weighted by Gasteiger charge is -2.30. The molecule has 4 rings (SSSR count). The third-order valence-electron chi connectivity index (χ3n) is 5.62. The van der Waals surface area contributed by atoms with Gasteiger partial charge in [0, 0.05) is 51.4 Å². The third kappa shape index (κ3) is 4.84. The highest BCUT2D eigenvalue weighted by atomic mass is 35.5. The van der Waals surface area contributed by atoms with Gasteiger partial charge in [-0.2, -0.15) is 0 Å². The number of thiophene rings is 1. The number of aromatic nitrogens is 1. The Bertz CT molecular complexity index is 1100. The van der Waals surface area contributed by atoms with Gasteiger partial charge in [0.2, 0.25) is 0 Å². The Morgan fingerprint density at radius 3 is 2.71 bits per heavy atom. The summed E-state index contributed by atoms with van der Waals surface area (Å²) in [6.45, 7) is 7.53. The maximum absolute atomic E-state index is 12.8. The van der Waals surface area contributed by atoms with Crippen molar-refractivity contribution in [3.8, 4) is 21.6 Å². The first kappa shape index (κ1) is 22.0. The molecule has 1 atom stereocenters. The van der Waals surface area contributed by atoms with Crippen LogP contribution in [-0.4, -0.2) is 40.1 Å². The number of nitrogens with zero attached hydrogens (tertiary/aromatic N) is 2. The highest BCUT2D eigenvalue weighted by Gasteiger charge is 2.24. The highest BCUT2D eigenvalue weighted by Crippen LogP contribution is 2.37. The summed E-state index contributed by atoms with van der Waals surface area (Å²) < 4.78 is 0. The normalized spacial score (nSPS) is 17.1. The minimum absolute atomic E-state index is 0.00776. The van der Waals surface area contributed by atoms with Gasteiger partial charge in [0.05, 0.1) is 6.10 Å². The molecule has 6 heteroatoms. The molecule has 162 valence electrons. The van der Waals surface area contributed by atoms with Crippen molar-refractivity contribution in [1.82, 2.24) is 9.88 Å². The van der Waals surface area contributed by atoms with Crippen molar-refractivity contribution < 1.29 is 9.90 Å². The number of β-amino-alcohol motifs (C(OH)–C–C–N with tert-alkyl or cyclic N) is 1. The SMILES string of the molecule is CC(C)(C)c1cc(-c2cc(-c3ccc(C(=O)N4CCCC(O)C4)cc3Cl)cs2)ccn1. The van der Waals surface area contributed by atoms with Crippen molar-refractivity contribution in [3.63, 3.8) is 0 Å². The van der Waals surface area contributed by atoms with Crippen molar-refractivity contribution >= 4 is 28.8 Å². The Kier molecular flexibility index (Phi) is 6.20. The van der Waals surface area contributed by atoms with Crippen molar-refractivity contribution in [2.24, 2.45) is 0 Å². The molecule has 4 nitrogen and oxygen atoms in total. The predicted molar refractivity (Wildman–Crippen MR) is 128 cm³/mol. The maximum Gasteiger partial charge on any atom is 0.253 e. The van der Waals surface area contributed by atoms with E-state index in [0.717, 1.165) is 40.1 Å². The molecule has 1 saturated heterocycles. The lowest BCUT2D eigenvalue weighted by molar-refractivity contribution is 0.0474. The third-order valence-corrected chi connectivity index (χ3v) is 6.92. The van der Waals surface area contributed by atoms with Gasteiger partial charge in [-0.25, -0.2) is 0 Å². The van der Waals surface area contributed by atoms with Crippen LogP contribution in [-0.2, 0) is 5.41 Å². The Labute approximate surface area is 192 Å². The van der Waals surface area contributed by atoms with Crippen LogP contribution < -0.4 is 0 Å². The van der Waals surface area contributed by atoms with E-state index in [1.807, 2.05) is 24.4 Å². The van der Waals surface area contributed by atoms with Crippen molar-refractivity contribution in [1.29, 1.82) is 0 Å². The van der Waals surface area contributed by atoms with Gasteiger partial charge >= 0.3 is 0 Å². The minimum Gasteiger partial charge on any atom is -0.391 e. The molecule has 1 unspecified atom stereocenters. The van der Waals surface area contributed by atoms with Gasteiger partial charge in [-0.15, -0.1) is 11.3 Å². The number of benzene rings is 1. The van der Waals surface area contributed by atoms with E-state index in [2.05, 4.69) is 43.3 Å². The number of rotatable bonds is 3. The van der Waals surface area contributed by atoms with Crippen LogP contribution in [0.1, 0.15) is 49.7 Å². The molecule has 0 aliphatic carbocycles. The molecular formula is C25H27ClN2O2S. The van der Waals surface area contributed by atoms with E-state index in [0.29, 0.717) is 23.7 Å². The van der Waals surface area contributed by atoms with Gasteiger partial charge in [-0.3, -0.25) is 9.78 Å². The van der Waals surface area contributed by atoms with E-state index in [9.17, 15) is 9.90 Å². The van der Waals surface area contributed by atoms with Crippen LogP contribution in [0, 0.1) is 0 Å². The highest BCUT2D eigenvalue weighted by molar-refractivity contribution is 7.14. The summed E-state index contributed by atoms with van der Waals surface area (Å²) in [4.78, 5) is 20.2. The van der Waals surface area contributed by atoms with Crippen LogP contribution >= 0.6 is 22.9 Å². The summed E-state index contributed by atoms with van der Waals surface area (Å²) in [5.41, 5.74) is 4.69. The predicted octanol–water partition coefficient (Wildman–Crippen LogP) is 6.02. The molecule has 0 spiro atoms. The van der Waals surface area contributed by atoms with E-state index in [1.165, 1.54) is 0 Å². The smallest absolute Gasteiger partial charge is 0.253 e. The Hall–Kier alpha value is -2.21. The zero-order valence-corrected chi connectivity index (χ0v) is 19.6. The molecule has 0 radical (unpaired) electrons. The molecule has 2 aromatic heterocycles. The summed E-state index contributed by atoms with van der Waals surface area (Å²) in [5.74, 6) is -0.0790. The number of likely N-dealkylation sites (tertiary alicyclic amines) is 1. The number of amides is 1. The minimum atomic E-state index is -0.441. The van der Waals surface area contributed by atoms with E-state index < -0.39 is 6.10 Å². The first-order valence-electron chi connectivity index (χ1n) is 10.5. The Morgan fingerprint density at radius 2 is 2.00 bits per heavy atom. The lowest BCUT2D eigenvalue weighted by atomic mass is 9.90. The van der Waals surface area contributed by atoms with E-state index in [4.69, 9.17) is 11.6 Å². The molecule has 0 saturated carbocycles. The summed E-state index contributed by atoms with van der Waals surface area (Å²) in [6.07, 6.45) is 2.99. The van der Waals surface area contributed by atoms with Gasteiger partial charge in [0.15, 0.2) is 0 Å². The number of hydrogen-bond donors (Lipinski definition) is 1. The van der Waals surface area contributed by atoms with Gasteiger partial charge in [0.1, 0.15) is 0 Å². The van der Waals surface area contributed by atoms with Crippen LogP contribution in [0.15, 0.2) is 48.0 Å². The van der Waals surface area contributed by atoms with Gasteiger partial charge < -0.3 is 10.0 Å². The molecule has 1 aromatic carbocycles. The molecule has 3 aromatic rings. The molecule has 1 amide bonds. The molecular weight excluding hydrogens is 428 g/mol. The van der Waals surface area contributed by atoms with Crippen LogP contribution in [0.3, 0.4) is 0 Å². The zero-order chi connectivity index (χ0) is 22.2. The van der Waals surface area contributed by atoms with E-state index in [-0.39, 0.29) is 11.3 Å². The number of piperidine rings is 1. The van der Waals surface area contributed by atoms with Crippen LogP contribution in [0.25, 0.3) is 21.6 Å². The average molecular weight is 455 g/mol. The number of pyridine rings is 1. The second kappa shape index (κ2) is 8.73. The number of aliphatic hydroxyl groups excluding tert-OH is 1. The molecule has 31 heavy (non-hydrogen) atoms. The molecule has 3 heterocycles. The van der Waals surface area contributed by atoms with Crippen molar-refractivity contribution in [2.45, 2.75) is 45.1 Å². The fraction of sp³-hybridized carbons (Fsp3) is 0.360. The second-order valence-corrected chi connectivity index (χ2v) is 10.4. The van der Waals surface area contributed by atoms with Gasteiger partial charge in [-0.1, -0.05) is 38.4 Å². The number of aliphatic hydroxyl groups is 1. The van der Waals surface area contributed by atoms with Crippen LogP contribution in [0.2, 0.25) is 5.02 Å². The monoisotopic (exact) mass is 454 g/mol. The first-order valence-corrected chi connectivity index (χ1v) is 11.8. The van der Waals surface area contributed by atoms with Crippen LogP contribution in [0.5, 0.6) is 0 Å². The number of hydrogen-bond acceptors (Lipinski definition) is 4. The summed E-state index contributed by atoms with van der Waals surface area (Å²) in [7, 11) is 0. The summed E-state index contributed by atoms with van der Waals surface area (Å²) >= 11 is 8.26. The summed E-state index contributed by atoms with van der Waals surface area (Å²) in [5, 5.41) is 12.5. The first-order chi connectivity index (χ1) is 14.7. The fourth-order valence-corrected chi connectivity index (χ4v) is 5.02. The fourth-order valence-electron chi connectivity index (χ4n) is 3.83. The number of carbonyl (C=O) groups is 1. The quantitative estimate of drug-likeness (QED) is 0.526. The Balaban J connectivity index is 1.57. The lowest BCUT2D eigenvalue weighted by Crippen LogP contribution is -2.42. The average Bonchev–Trinajstić information content (AvgIpc) is 3.22. The molecule has 0 bridgehead atoms. The van der Waals surface area contributed by atoms with Gasteiger partial charge in [0.25, 0.3) is 5.91 Å². The van der Waals surface area contributed by atoms with E-state index >= 15 is 0 Å². The van der Waals surface area contributed by atoms with Crippen molar-refractivity contribution in [3.05, 3.63) is 64.3 Å². The Morgan fingerprint density at radius 1 is 1.19 bits per heavy atom. The number of halogens is 1. The maximum atomic E-state index is 12.8. The van der Waals surface area contributed by atoms with Gasteiger partial charge in [-0.05, 0) is 59.7 Å². The molecule has 1 N–H and O–H groups in total. The summed E-state index contributed by atoms with van der Waals surface area (Å²) in [6, 6.07) is 11.8.